The Morgan fingerprint density at radius 3 is 2.52 bits per heavy atom. The molecular weight excluding hydrogens is 411 g/mol. The van der Waals surface area contributed by atoms with Gasteiger partial charge in [-0.2, -0.15) is 4.52 Å². The van der Waals surface area contributed by atoms with Crippen LogP contribution in [0.1, 0.15) is 0 Å². The summed E-state index contributed by atoms with van der Waals surface area (Å²) in [7, 11) is 0. The minimum absolute atomic E-state index is 0. The molecule has 0 amide bonds. The van der Waals surface area contributed by atoms with Crippen molar-refractivity contribution in [2.75, 3.05) is 36.8 Å². The number of rotatable bonds is 2. The summed E-state index contributed by atoms with van der Waals surface area (Å²) in [5.74, 6) is 0.301. The summed E-state index contributed by atoms with van der Waals surface area (Å²) in [6.07, 6.45) is 0. The first-order valence-corrected chi connectivity index (χ1v) is 9.56. The van der Waals surface area contributed by atoms with Crippen LogP contribution in [0, 0.1) is 0 Å². The van der Waals surface area contributed by atoms with Crippen LogP contribution in [0.2, 0.25) is 5.02 Å². The first-order valence-electron chi connectivity index (χ1n) is 9.18. The maximum Gasteiger partial charge on any atom is 0.283 e. The number of nitrogen functional groups attached to an aromatic ring is 1. The van der Waals surface area contributed by atoms with E-state index in [4.69, 9.17) is 17.3 Å². The third kappa shape index (κ3) is 3.21. The number of aromatic nitrogens is 3. The molecule has 1 aliphatic rings. The number of hydrogen-bond donors (Lipinski definition) is 3. The predicted octanol–water partition coefficient (Wildman–Crippen LogP) is 2.91. The highest BCUT2D eigenvalue weighted by atomic mass is 35.5. The largest absolute Gasteiger partial charge is 0.382 e. The molecule has 0 radical (unpaired) electrons. The molecule has 0 aliphatic carbocycles. The second kappa shape index (κ2) is 7.59. The number of nitrogens with zero attached hydrogens (tertiary/aromatic N) is 3. The molecule has 1 fully saturated rings. The van der Waals surface area contributed by atoms with Crippen LogP contribution in [0.3, 0.4) is 0 Å². The third-order valence-electron chi connectivity index (χ3n) is 5.22. The fraction of sp³-hybridized carbons (Fsp3) is 0.200. The molecule has 3 heterocycles. The lowest BCUT2D eigenvalue weighted by Crippen LogP contribution is -2.43. The minimum Gasteiger partial charge on any atom is -0.382 e. The molecule has 5 rings (SSSR count). The minimum atomic E-state index is -0.287. The highest BCUT2D eigenvalue weighted by molar-refractivity contribution is 6.35. The van der Waals surface area contributed by atoms with E-state index in [1.54, 1.807) is 12.1 Å². The van der Waals surface area contributed by atoms with Crippen LogP contribution in [-0.2, 0) is 0 Å². The van der Waals surface area contributed by atoms with Crippen LogP contribution >= 0.6 is 24.0 Å². The average Bonchev–Trinajstić information content (AvgIpc) is 3.05. The van der Waals surface area contributed by atoms with Crippen molar-refractivity contribution in [3.63, 3.8) is 0 Å². The van der Waals surface area contributed by atoms with Crippen molar-refractivity contribution in [1.29, 1.82) is 0 Å². The topological polar surface area (TPSA) is 91.4 Å². The van der Waals surface area contributed by atoms with Gasteiger partial charge in [-0.25, -0.2) is 0 Å². The van der Waals surface area contributed by atoms with Gasteiger partial charge in [0.25, 0.3) is 5.56 Å². The summed E-state index contributed by atoms with van der Waals surface area (Å²) < 4.78 is 1.29. The standard InChI is InChI=1S/C20H19ClN6O.ClH/c21-14-2-1-3-15-17(14)20(28)27-19(24-15)16(18(22)25-27)12-4-6-13(7-5-12)26-10-8-23-9-11-26;/h1-7,23-24H,8-11H2,(H2,22,25);1H. The Labute approximate surface area is 177 Å². The van der Waals surface area contributed by atoms with Gasteiger partial charge in [-0.05, 0) is 29.8 Å². The first kappa shape index (κ1) is 19.6. The van der Waals surface area contributed by atoms with Gasteiger partial charge in [0.2, 0.25) is 0 Å². The van der Waals surface area contributed by atoms with Crippen molar-refractivity contribution in [1.82, 2.24) is 19.9 Å². The Hall–Kier alpha value is -2.74. The quantitative estimate of drug-likeness (QED) is 0.454. The second-order valence-corrected chi connectivity index (χ2v) is 7.30. The molecule has 1 aliphatic heterocycles. The molecular formula is C20H20Cl2N6O. The zero-order valence-electron chi connectivity index (χ0n) is 15.5. The van der Waals surface area contributed by atoms with E-state index in [0.29, 0.717) is 33.0 Å². The van der Waals surface area contributed by atoms with Gasteiger partial charge in [-0.15, -0.1) is 17.5 Å². The Kier molecular flexibility index (Phi) is 5.12. The number of nitrogens with two attached hydrogens (primary N) is 1. The van der Waals surface area contributed by atoms with Gasteiger partial charge in [0.05, 0.1) is 21.5 Å². The van der Waals surface area contributed by atoms with Gasteiger partial charge in [-0.3, -0.25) is 4.79 Å². The SMILES string of the molecule is Cl.Nc1nn2c(=O)c3c(Cl)cccc3[nH]c2c1-c1ccc(N2CCNCC2)cc1. The second-order valence-electron chi connectivity index (χ2n) is 6.90. The molecule has 0 bridgehead atoms. The number of benzene rings is 2. The first-order chi connectivity index (χ1) is 13.6. The van der Waals surface area contributed by atoms with Crippen molar-refractivity contribution in [3.8, 4) is 11.1 Å². The van der Waals surface area contributed by atoms with E-state index < -0.39 is 0 Å². The maximum absolute atomic E-state index is 12.9. The number of H-pyrrole nitrogens is 1. The number of aromatic amines is 1. The van der Waals surface area contributed by atoms with Gasteiger partial charge in [0.15, 0.2) is 5.82 Å². The monoisotopic (exact) mass is 430 g/mol. The van der Waals surface area contributed by atoms with Crippen LogP contribution in [0.5, 0.6) is 0 Å². The Balaban J connectivity index is 0.00000205. The molecule has 0 saturated carbocycles. The fourth-order valence-corrected chi connectivity index (χ4v) is 4.08. The van der Waals surface area contributed by atoms with Crippen LogP contribution < -0.4 is 21.5 Å². The molecule has 2 aromatic carbocycles. The van der Waals surface area contributed by atoms with Crippen molar-refractivity contribution in [3.05, 3.63) is 57.8 Å². The number of piperazine rings is 1. The summed E-state index contributed by atoms with van der Waals surface area (Å²) in [6.45, 7) is 3.94. The molecule has 9 heteroatoms. The molecule has 0 spiro atoms. The third-order valence-corrected chi connectivity index (χ3v) is 5.54. The Morgan fingerprint density at radius 2 is 1.79 bits per heavy atom. The molecule has 4 aromatic rings. The van der Waals surface area contributed by atoms with Crippen molar-refractivity contribution >= 4 is 52.1 Å². The maximum atomic E-state index is 12.9. The van der Waals surface area contributed by atoms with E-state index in [0.717, 1.165) is 31.7 Å². The molecule has 29 heavy (non-hydrogen) atoms. The van der Waals surface area contributed by atoms with Crippen molar-refractivity contribution in [2.45, 2.75) is 0 Å². The van der Waals surface area contributed by atoms with Gasteiger partial charge in [0, 0.05) is 31.9 Å². The van der Waals surface area contributed by atoms with E-state index in [9.17, 15) is 4.79 Å². The van der Waals surface area contributed by atoms with Crippen LogP contribution in [0.4, 0.5) is 11.5 Å². The number of fused-ring (bicyclic) bond motifs is 2. The molecule has 7 nitrogen and oxygen atoms in total. The lowest BCUT2D eigenvalue weighted by atomic mass is 10.1. The predicted molar refractivity (Wildman–Crippen MR) is 121 cm³/mol. The van der Waals surface area contributed by atoms with Gasteiger partial charge >= 0.3 is 0 Å². The molecule has 0 unspecified atom stereocenters. The van der Waals surface area contributed by atoms with E-state index in [2.05, 4.69) is 32.4 Å². The smallest absolute Gasteiger partial charge is 0.283 e. The molecule has 150 valence electrons. The Bertz CT molecular complexity index is 1240. The summed E-state index contributed by atoms with van der Waals surface area (Å²) >= 11 is 6.22. The zero-order chi connectivity index (χ0) is 19.3. The fourth-order valence-electron chi connectivity index (χ4n) is 3.82. The van der Waals surface area contributed by atoms with Gasteiger partial charge in [0.1, 0.15) is 5.65 Å². The van der Waals surface area contributed by atoms with Crippen LogP contribution in [-0.4, -0.2) is 40.8 Å². The lowest BCUT2D eigenvalue weighted by Gasteiger charge is -2.29. The normalized spacial score (nSPS) is 14.3. The van der Waals surface area contributed by atoms with E-state index in [1.165, 1.54) is 10.2 Å². The summed E-state index contributed by atoms with van der Waals surface area (Å²) in [5, 5.41) is 8.41. The van der Waals surface area contributed by atoms with E-state index in [1.807, 2.05) is 18.2 Å². The molecule has 4 N–H and O–H groups in total. The highest BCUT2D eigenvalue weighted by Crippen LogP contribution is 2.31. The van der Waals surface area contributed by atoms with Gasteiger partial charge in [-0.1, -0.05) is 29.8 Å². The highest BCUT2D eigenvalue weighted by Gasteiger charge is 2.18. The Morgan fingerprint density at radius 1 is 1.07 bits per heavy atom. The number of halogens is 2. The van der Waals surface area contributed by atoms with Crippen molar-refractivity contribution in [2.24, 2.45) is 0 Å². The molecule has 1 saturated heterocycles. The number of hydrogen-bond acceptors (Lipinski definition) is 5. The number of anilines is 2. The van der Waals surface area contributed by atoms with Crippen molar-refractivity contribution < 1.29 is 0 Å². The van der Waals surface area contributed by atoms with Crippen LogP contribution in [0.15, 0.2) is 47.3 Å². The van der Waals surface area contributed by atoms with Crippen LogP contribution in [0.25, 0.3) is 27.7 Å². The summed E-state index contributed by atoms with van der Waals surface area (Å²) in [6, 6.07) is 13.5. The zero-order valence-corrected chi connectivity index (χ0v) is 17.1. The summed E-state index contributed by atoms with van der Waals surface area (Å²) in [5.41, 5.74) is 9.92. The number of nitrogens with one attached hydrogen (secondary N) is 2. The molecule has 2 aromatic heterocycles. The average molecular weight is 431 g/mol. The van der Waals surface area contributed by atoms with E-state index in [-0.39, 0.29) is 18.0 Å². The van der Waals surface area contributed by atoms with E-state index >= 15 is 0 Å². The summed E-state index contributed by atoms with van der Waals surface area (Å²) in [4.78, 5) is 18.5. The molecule has 0 atom stereocenters. The van der Waals surface area contributed by atoms with Gasteiger partial charge < -0.3 is 20.9 Å². The lowest BCUT2D eigenvalue weighted by molar-refractivity contribution is 0.589.